The molecule has 0 bridgehead atoms. The largest absolute Gasteiger partial charge is 0.329 e. The minimum absolute atomic E-state index is 0.314. The lowest BCUT2D eigenvalue weighted by Gasteiger charge is -2.41. The van der Waals surface area contributed by atoms with Gasteiger partial charge < -0.3 is 10.6 Å². The number of hydrogen-bond donors (Lipinski definition) is 1. The molecule has 0 spiro atoms. The van der Waals surface area contributed by atoms with Crippen molar-refractivity contribution in [2.24, 2.45) is 11.7 Å². The van der Waals surface area contributed by atoms with Crippen LogP contribution in [0.5, 0.6) is 0 Å². The highest BCUT2D eigenvalue weighted by Gasteiger charge is 2.40. The van der Waals surface area contributed by atoms with Gasteiger partial charge in [-0.15, -0.1) is 0 Å². The van der Waals surface area contributed by atoms with Crippen molar-refractivity contribution < 1.29 is 0 Å². The summed E-state index contributed by atoms with van der Waals surface area (Å²) in [7, 11) is 4.42. The van der Waals surface area contributed by atoms with Crippen LogP contribution in [0.1, 0.15) is 51.9 Å². The summed E-state index contributed by atoms with van der Waals surface area (Å²) in [6, 6.07) is 0.730. The number of likely N-dealkylation sites (tertiary alicyclic amines) is 1. The van der Waals surface area contributed by atoms with Crippen molar-refractivity contribution in [1.82, 2.24) is 9.80 Å². The Balaban J connectivity index is 2.02. The van der Waals surface area contributed by atoms with Gasteiger partial charge in [-0.1, -0.05) is 26.2 Å². The molecule has 0 aromatic rings. The Bertz CT molecular complexity index is 279. The molecule has 3 unspecified atom stereocenters. The molecule has 1 aliphatic carbocycles. The molecule has 2 N–H and O–H groups in total. The van der Waals surface area contributed by atoms with Gasteiger partial charge in [-0.25, -0.2) is 0 Å². The van der Waals surface area contributed by atoms with Gasteiger partial charge in [0.25, 0.3) is 0 Å². The normalized spacial score (nSPS) is 37.7. The maximum absolute atomic E-state index is 6.24. The molecule has 0 aromatic heterocycles. The molecule has 112 valence electrons. The molecule has 1 aliphatic heterocycles. The van der Waals surface area contributed by atoms with E-state index in [0.29, 0.717) is 5.54 Å². The topological polar surface area (TPSA) is 32.5 Å². The predicted molar refractivity (Wildman–Crippen MR) is 82.3 cm³/mol. The zero-order chi connectivity index (χ0) is 13.9. The van der Waals surface area contributed by atoms with Crippen LogP contribution in [0.2, 0.25) is 0 Å². The Hall–Kier alpha value is -0.120. The first kappa shape index (κ1) is 15.3. The second-order valence-electron chi connectivity index (χ2n) is 6.99. The Labute approximate surface area is 119 Å². The number of likely N-dealkylation sites (N-methyl/N-ethyl adjacent to an activating group) is 1. The molecular formula is C16H33N3. The van der Waals surface area contributed by atoms with Gasteiger partial charge in [-0.2, -0.15) is 0 Å². The van der Waals surface area contributed by atoms with E-state index in [0.717, 1.165) is 18.5 Å². The summed E-state index contributed by atoms with van der Waals surface area (Å²) < 4.78 is 0. The molecule has 3 atom stereocenters. The Kier molecular flexibility index (Phi) is 5.27. The molecule has 2 aliphatic rings. The number of nitrogens with two attached hydrogens (primary N) is 1. The van der Waals surface area contributed by atoms with Gasteiger partial charge in [0.15, 0.2) is 0 Å². The monoisotopic (exact) mass is 267 g/mol. The predicted octanol–water partition coefficient (Wildman–Crippen LogP) is 2.31. The summed E-state index contributed by atoms with van der Waals surface area (Å²) in [4.78, 5) is 5.12. The first-order valence-corrected chi connectivity index (χ1v) is 8.23. The maximum Gasteiger partial charge on any atom is 0.0332 e. The van der Waals surface area contributed by atoms with Gasteiger partial charge in [-0.3, -0.25) is 4.90 Å². The van der Waals surface area contributed by atoms with Gasteiger partial charge >= 0.3 is 0 Å². The average Bonchev–Trinajstić information content (AvgIpc) is 2.81. The van der Waals surface area contributed by atoms with Crippen molar-refractivity contribution >= 4 is 0 Å². The summed E-state index contributed by atoms with van der Waals surface area (Å²) >= 11 is 0. The van der Waals surface area contributed by atoms with Gasteiger partial charge in [0.05, 0.1) is 0 Å². The first-order chi connectivity index (χ1) is 9.11. The molecule has 0 radical (unpaired) electrons. The van der Waals surface area contributed by atoms with Crippen molar-refractivity contribution in [2.75, 3.05) is 33.7 Å². The van der Waals surface area contributed by atoms with Gasteiger partial charge in [0, 0.05) is 31.2 Å². The summed E-state index contributed by atoms with van der Waals surface area (Å²) in [5.41, 5.74) is 6.55. The van der Waals surface area contributed by atoms with Gasteiger partial charge in [0.2, 0.25) is 0 Å². The van der Waals surface area contributed by atoms with Crippen LogP contribution in [0.15, 0.2) is 0 Å². The highest BCUT2D eigenvalue weighted by Crippen LogP contribution is 2.37. The molecule has 1 heterocycles. The van der Waals surface area contributed by atoms with Crippen LogP contribution in [0.25, 0.3) is 0 Å². The van der Waals surface area contributed by atoms with E-state index in [9.17, 15) is 0 Å². The zero-order valence-electron chi connectivity index (χ0n) is 13.2. The smallest absolute Gasteiger partial charge is 0.0332 e. The van der Waals surface area contributed by atoms with Crippen molar-refractivity contribution in [2.45, 2.75) is 63.5 Å². The summed E-state index contributed by atoms with van der Waals surface area (Å²) in [5, 5.41) is 0. The number of rotatable bonds is 4. The number of hydrogen-bond acceptors (Lipinski definition) is 3. The molecule has 0 aromatic carbocycles. The maximum atomic E-state index is 6.24. The lowest BCUT2D eigenvalue weighted by Crippen LogP contribution is -2.53. The highest BCUT2D eigenvalue weighted by atomic mass is 15.3. The number of nitrogens with zero attached hydrogens (tertiary/aromatic N) is 2. The molecule has 1 saturated carbocycles. The molecular weight excluding hydrogens is 234 g/mol. The van der Waals surface area contributed by atoms with Crippen molar-refractivity contribution in [3.8, 4) is 0 Å². The second kappa shape index (κ2) is 6.55. The van der Waals surface area contributed by atoms with Crippen LogP contribution in [-0.4, -0.2) is 55.1 Å². The van der Waals surface area contributed by atoms with Crippen LogP contribution >= 0.6 is 0 Å². The average molecular weight is 267 g/mol. The molecule has 19 heavy (non-hydrogen) atoms. The summed E-state index contributed by atoms with van der Waals surface area (Å²) in [6.45, 7) is 5.67. The van der Waals surface area contributed by atoms with Gasteiger partial charge in [0.1, 0.15) is 0 Å². The minimum Gasteiger partial charge on any atom is -0.329 e. The van der Waals surface area contributed by atoms with Crippen LogP contribution in [0.3, 0.4) is 0 Å². The zero-order valence-corrected chi connectivity index (χ0v) is 13.2. The standard InChI is InChI=1S/C16H33N3/c1-4-14-6-5-9-16(13-17,10-7-14)19-11-8-15(12-19)18(2)3/h14-15H,4-13,17H2,1-3H3. The molecule has 2 rings (SSSR count). The van der Waals surface area contributed by atoms with Crippen molar-refractivity contribution in [1.29, 1.82) is 0 Å². The molecule has 0 amide bonds. The first-order valence-electron chi connectivity index (χ1n) is 8.23. The Morgan fingerprint density at radius 1 is 1.21 bits per heavy atom. The molecule has 3 nitrogen and oxygen atoms in total. The summed E-state index contributed by atoms with van der Waals surface area (Å²) in [6.07, 6.45) is 9.48. The van der Waals surface area contributed by atoms with E-state index in [1.54, 1.807) is 0 Å². The van der Waals surface area contributed by atoms with E-state index < -0.39 is 0 Å². The quantitative estimate of drug-likeness (QED) is 0.793. The second-order valence-corrected chi connectivity index (χ2v) is 6.99. The Morgan fingerprint density at radius 2 is 2.00 bits per heavy atom. The molecule has 3 heteroatoms. The summed E-state index contributed by atoms with van der Waals surface area (Å²) in [5.74, 6) is 0.945. The van der Waals surface area contributed by atoms with Crippen LogP contribution in [-0.2, 0) is 0 Å². The fourth-order valence-electron chi connectivity index (χ4n) is 4.11. The molecule has 1 saturated heterocycles. The van der Waals surface area contributed by atoms with Crippen molar-refractivity contribution in [3.05, 3.63) is 0 Å². The van der Waals surface area contributed by atoms with E-state index in [2.05, 4.69) is 30.8 Å². The third kappa shape index (κ3) is 3.32. The van der Waals surface area contributed by atoms with E-state index in [1.165, 1.54) is 58.0 Å². The van der Waals surface area contributed by atoms with Crippen LogP contribution in [0.4, 0.5) is 0 Å². The van der Waals surface area contributed by atoms with Crippen molar-refractivity contribution in [3.63, 3.8) is 0 Å². The highest BCUT2D eigenvalue weighted by molar-refractivity contribution is 4.98. The third-order valence-corrected chi connectivity index (χ3v) is 5.79. The van der Waals surface area contributed by atoms with E-state index >= 15 is 0 Å². The van der Waals surface area contributed by atoms with Gasteiger partial charge in [-0.05, 0) is 45.7 Å². The fraction of sp³-hybridized carbons (Fsp3) is 1.00. The minimum atomic E-state index is 0.314. The lowest BCUT2D eigenvalue weighted by molar-refractivity contribution is 0.0957. The Morgan fingerprint density at radius 3 is 2.58 bits per heavy atom. The van der Waals surface area contributed by atoms with Crippen LogP contribution < -0.4 is 5.73 Å². The van der Waals surface area contributed by atoms with E-state index in [1.807, 2.05) is 0 Å². The lowest BCUT2D eigenvalue weighted by atomic mass is 9.87. The third-order valence-electron chi connectivity index (χ3n) is 5.79. The van der Waals surface area contributed by atoms with E-state index in [4.69, 9.17) is 5.73 Å². The van der Waals surface area contributed by atoms with E-state index in [-0.39, 0.29) is 0 Å². The molecule has 2 fully saturated rings. The SMILES string of the molecule is CCC1CCCC(CN)(N2CCC(N(C)C)C2)CC1. The van der Waals surface area contributed by atoms with Crippen LogP contribution in [0, 0.1) is 5.92 Å². The fourth-order valence-corrected chi connectivity index (χ4v) is 4.11.